The van der Waals surface area contributed by atoms with Crippen molar-refractivity contribution >= 4 is 17.3 Å². The second kappa shape index (κ2) is 9.39. The van der Waals surface area contributed by atoms with E-state index in [0.717, 1.165) is 22.9 Å². The van der Waals surface area contributed by atoms with E-state index in [4.69, 9.17) is 12.2 Å². The highest BCUT2D eigenvalue weighted by atomic mass is 32.1. The Morgan fingerprint density at radius 1 is 0.941 bits per heavy atom. The van der Waals surface area contributed by atoms with Gasteiger partial charge >= 0.3 is 0 Å². The summed E-state index contributed by atoms with van der Waals surface area (Å²) in [5, 5.41) is 4.28. The largest absolute Gasteiger partial charge is 0.352 e. The average molecular weight is 468 g/mol. The number of hydrogen-bond donors (Lipinski definition) is 1. The van der Waals surface area contributed by atoms with Crippen LogP contribution < -0.4 is 5.32 Å². The Bertz CT molecular complexity index is 1280. The van der Waals surface area contributed by atoms with Gasteiger partial charge in [0.05, 0.1) is 30.0 Å². The molecule has 1 aliphatic heterocycles. The van der Waals surface area contributed by atoms with Gasteiger partial charge in [-0.25, -0.2) is 0 Å². The summed E-state index contributed by atoms with van der Waals surface area (Å²) in [7, 11) is 0. The van der Waals surface area contributed by atoms with Crippen molar-refractivity contribution in [2.75, 3.05) is 0 Å². The highest BCUT2D eigenvalue weighted by molar-refractivity contribution is 7.80. The molecule has 0 bridgehead atoms. The Labute approximate surface area is 206 Å². The molecular weight excluding hydrogens is 438 g/mol. The zero-order valence-electron chi connectivity index (χ0n) is 19.8. The number of thiocarbonyl (C=S) groups is 1. The van der Waals surface area contributed by atoms with Crippen molar-refractivity contribution in [3.8, 4) is 5.69 Å². The number of hydrogen-bond acceptors (Lipinski definition) is 3. The second-order valence-corrected chi connectivity index (χ2v) is 9.14. The quantitative estimate of drug-likeness (QED) is 0.373. The first-order valence-electron chi connectivity index (χ1n) is 11.7. The predicted molar refractivity (Wildman–Crippen MR) is 140 cm³/mol. The van der Waals surface area contributed by atoms with Crippen LogP contribution in [0, 0.1) is 13.8 Å². The van der Waals surface area contributed by atoms with E-state index in [9.17, 15) is 0 Å². The summed E-state index contributed by atoms with van der Waals surface area (Å²) in [6, 6.07) is 23.2. The van der Waals surface area contributed by atoms with Crippen molar-refractivity contribution in [3.63, 3.8) is 0 Å². The first-order valence-corrected chi connectivity index (χ1v) is 12.1. The third-order valence-corrected chi connectivity index (χ3v) is 7.00. The van der Waals surface area contributed by atoms with Crippen molar-refractivity contribution < 1.29 is 0 Å². The number of nitrogens with zero attached hydrogens (tertiary/aromatic N) is 4. The van der Waals surface area contributed by atoms with Gasteiger partial charge in [-0.1, -0.05) is 31.2 Å². The molecule has 1 aliphatic rings. The maximum Gasteiger partial charge on any atom is 0.170 e. The van der Waals surface area contributed by atoms with Crippen LogP contribution in [0.15, 0.2) is 79.1 Å². The number of pyridine rings is 2. The highest BCUT2D eigenvalue weighted by Crippen LogP contribution is 2.42. The van der Waals surface area contributed by atoms with Crippen LogP contribution in [0.1, 0.15) is 52.9 Å². The van der Waals surface area contributed by atoms with Crippen LogP contribution in [0.4, 0.5) is 0 Å². The lowest BCUT2D eigenvalue weighted by Gasteiger charge is -2.28. The molecule has 4 heterocycles. The van der Waals surface area contributed by atoms with Crippen molar-refractivity contribution in [1.82, 2.24) is 24.8 Å². The molecular formula is C28H29N5S. The fourth-order valence-corrected chi connectivity index (χ4v) is 5.25. The van der Waals surface area contributed by atoms with Gasteiger partial charge in [0.1, 0.15) is 0 Å². The summed E-state index contributed by atoms with van der Waals surface area (Å²) in [5.41, 5.74) is 8.15. The molecule has 0 unspecified atom stereocenters. The molecule has 1 fully saturated rings. The Hall–Kier alpha value is -3.51. The molecule has 2 atom stereocenters. The molecule has 1 aromatic carbocycles. The van der Waals surface area contributed by atoms with Gasteiger partial charge in [-0.2, -0.15) is 0 Å². The maximum absolute atomic E-state index is 5.85. The number of aromatic nitrogens is 3. The Kier molecular flexibility index (Phi) is 6.16. The molecule has 0 radical (unpaired) electrons. The summed E-state index contributed by atoms with van der Waals surface area (Å²) < 4.78 is 2.34. The third kappa shape index (κ3) is 4.10. The minimum atomic E-state index is -0.0474. The number of rotatable bonds is 6. The minimum Gasteiger partial charge on any atom is -0.352 e. The topological polar surface area (TPSA) is 46.0 Å². The lowest BCUT2D eigenvalue weighted by atomic mass is 9.96. The molecule has 0 saturated carbocycles. The monoisotopic (exact) mass is 467 g/mol. The van der Waals surface area contributed by atoms with Crippen LogP contribution in [-0.2, 0) is 13.0 Å². The number of aryl methyl sites for hydroxylation is 2. The molecule has 1 N–H and O–H groups in total. The molecule has 0 aliphatic carbocycles. The zero-order valence-corrected chi connectivity index (χ0v) is 20.6. The van der Waals surface area contributed by atoms with Crippen LogP contribution in [-0.4, -0.2) is 24.5 Å². The first kappa shape index (κ1) is 22.3. The third-order valence-electron chi connectivity index (χ3n) is 6.65. The molecule has 0 spiro atoms. The van der Waals surface area contributed by atoms with Crippen LogP contribution in [0.3, 0.4) is 0 Å². The van der Waals surface area contributed by atoms with E-state index in [1.807, 2.05) is 42.7 Å². The van der Waals surface area contributed by atoms with Crippen molar-refractivity contribution in [2.45, 2.75) is 45.8 Å². The van der Waals surface area contributed by atoms with Crippen molar-refractivity contribution in [3.05, 3.63) is 113 Å². The average Bonchev–Trinajstić information content (AvgIpc) is 3.35. The normalized spacial score (nSPS) is 17.7. The van der Waals surface area contributed by atoms with Crippen molar-refractivity contribution in [1.29, 1.82) is 0 Å². The summed E-state index contributed by atoms with van der Waals surface area (Å²) >= 11 is 5.85. The van der Waals surface area contributed by atoms with E-state index < -0.39 is 0 Å². The number of benzene rings is 1. The maximum atomic E-state index is 5.85. The Morgan fingerprint density at radius 2 is 1.68 bits per heavy atom. The van der Waals surface area contributed by atoms with Crippen LogP contribution in [0.25, 0.3) is 5.69 Å². The molecule has 0 amide bonds. The molecule has 172 valence electrons. The van der Waals surface area contributed by atoms with E-state index in [1.54, 1.807) is 0 Å². The summed E-state index contributed by atoms with van der Waals surface area (Å²) in [4.78, 5) is 11.5. The first-order chi connectivity index (χ1) is 16.6. The van der Waals surface area contributed by atoms with E-state index >= 15 is 0 Å². The molecule has 5 nitrogen and oxygen atoms in total. The van der Waals surface area contributed by atoms with Gasteiger partial charge < -0.3 is 14.8 Å². The van der Waals surface area contributed by atoms with Gasteiger partial charge in [-0.05, 0) is 86.1 Å². The van der Waals surface area contributed by atoms with Gasteiger partial charge in [0.2, 0.25) is 0 Å². The Balaban J connectivity index is 1.60. The van der Waals surface area contributed by atoms with E-state index in [0.29, 0.717) is 6.54 Å². The van der Waals surface area contributed by atoms with Crippen molar-refractivity contribution in [2.24, 2.45) is 0 Å². The minimum absolute atomic E-state index is 0.000675. The molecule has 6 heteroatoms. The predicted octanol–water partition coefficient (Wildman–Crippen LogP) is 5.62. The molecule has 34 heavy (non-hydrogen) atoms. The number of nitrogens with one attached hydrogen (secondary N) is 1. The summed E-state index contributed by atoms with van der Waals surface area (Å²) in [6.45, 7) is 7.19. The van der Waals surface area contributed by atoms with Gasteiger partial charge in [0.15, 0.2) is 5.11 Å². The van der Waals surface area contributed by atoms with Crippen LogP contribution >= 0.6 is 12.2 Å². The zero-order chi connectivity index (χ0) is 23.7. The molecule has 4 aromatic rings. The molecule has 5 rings (SSSR count). The van der Waals surface area contributed by atoms with Gasteiger partial charge in [0.25, 0.3) is 0 Å². The summed E-state index contributed by atoms with van der Waals surface area (Å²) in [6.07, 6.45) is 4.71. The SMILES string of the molecule is CCc1ccc(-n2c(C)cc([C@H]3[C@@H](c4ccccn4)NC(=S)N3Cc3ccccn3)c2C)cc1. The smallest absolute Gasteiger partial charge is 0.170 e. The fraction of sp³-hybridized carbons (Fsp3) is 0.250. The van der Waals surface area contributed by atoms with Gasteiger partial charge in [0, 0.05) is 29.5 Å². The summed E-state index contributed by atoms with van der Waals surface area (Å²) in [5.74, 6) is 0. The highest BCUT2D eigenvalue weighted by Gasteiger charge is 2.41. The van der Waals surface area contributed by atoms with Crippen LogP contribution in [0.5, 0.6) is 0 Å². The fourth-order valence-electron chi connectivity index (χ4n) is 4.95. The van der Waals surface area contributed by atoms with E-state index in [-0.39, 0.29) is 12.1 Å². The lowest BCUT2D eigenvalue weighted by Crippen LogP contribution is -2.29. The van der Waals surface area contributed by atoms with E-state index in [1.165, 1.54) is 28.2 Å². The van der Waals surface area contributed by atoms with Crippen LogP contribution in [0.2, 0.25) is 0 Å². The van der Waals surface area contributed by atoms with Gasteiger partial charge in [-0.3, -0.25) is 9.97 Å². The second-order valence-electron chi connectivity index (χ2n) is 8.76. The molecule has 1 saturated heterocycles. The van der Waals surface area contributed by atoms with E-state index in [2.05, 4.69) is 81.9 Å². The Morgan fingerprint density at radius 3 is 2.32 bits per heavy atom. The lowest BCUT2D eigenvalue weighted by molar-refractivity contribution is 0.307. The molecule has 3 aromatic heterocycles. The van der Waals surface area contributed by atoms with Gasteiger partial charge in [-0.15, -0.1) is 0 Å². The standard InChI is InChI=1S/C28H29N5S/c1-4-21-11-13-23(14-12-21)33-19(2)17-24(20(33)3)27-26(25-10-6-8-16-30-25)31-28(34)32(27)18-22-9-5-7-15-29-22/h5-17,26-27H,4,18H2,1-3H3,(H,31,34)/t26-,27+/m1/s1.